The summed E-state index contributed by atoms with van der Waals surface area (Å²) in [5, 5.41) is 0. The smallest absolute Gasteiger partial charge is 0.195 e. The normalized spacial score (nSPS) is 10.8. The van der Waals surface area contributed by atoms with Gasteiger partial charge >= 0.3 is 0 Å². The minimum absolute atomic E-state index is 0.161. The Hall–Kier alpha value is -1.64. The van der Waals surface area contributed by atoms with E-state index in [0.29, 0.717) is 18.7 Å². The molecule has 3 nitrogen and oxygen atoms in total. The molecule has 0 fully saturated rings. The molecule has 0 N–H and O–H groups in total. The highest BCUT2D eigenvalue weighted by molar-refractivity contribution is 5.76. The molecule has 2 aromatic rings. The van der Waals surface area contributed by atoms with Gasteiger partial charge in [0, 0.05) is 12.8 Å². The molecule has 0 aliphatic rings. The average molecular weight is 203 g/mol. The van der Waals surface area contributed by atoms with E-state index < -0.39 is 0 Å². The fourth-order valence-electron chi connectivity index (χ4n) is 1.47. The van der Waals surface area contributed by atoms with Crippen LogP contribution in [0.1, 0.15) is 24.8 Å². The largest absolute Gasteiger partial charge is 0.441 e. The molecule has 3 heteroatoms. The molecule has 15 heavy (non-hydrogen) atoms. The Labute approximate surface area is 88.1 Å². The van der Waals surface area contributed by atoms with Crippen LogP contribution in [0, 0.1) is 6.92 Å². The summed E-state index contributed by atoms with van der Waals surface area (Å²) < 4.78 is 5.54. The summed E-state index contributed by atoms with van der Waals surface area (Å²) >= 11 is 0. The molecule has 2 rings (SSSR count). The lowest BCUT2D eigenvalue weighted by Gasteiger charge is -1.89. The first-order valence-corrected chi connectivity index (χ1v) is 5.00. The lowest BCUT2D eigenvalue weighted by molar-refractivity contribution is -0.117. The minimum atomic E-state index is 0.161. The third-order valence-electron chi connectivity index (χ3n) is 2.28. The van der Waals surface area contributed by atoms with Crippen molar-refractivity contribution in [2.45, 2.75) is 26.7 Å². The molecule has 78 valence electrons. The van der Waals surface area contributed by atoms with Gasteiger partial charge in [-0.25, -0.2) is 4.98 Å². The topological polar surface area (TPSA) is 43.1 Å². The van der Waals surface area contributed by atoms with Gasteiger partial charge in [-0.15, -0.1) is 0 Å². The lowest BCUT2D eigenvalue weighted by Crippen LogP contribution is -1.93. The molecule has 0 spiro atoms. The summed E-state index contributed by atoms with van der Waals surface area (Å²) in [5.74, 6) is 0.805. The van der Waals surface area contributed by atoms with Gasteiger partial charge in [0.2, 0.25) is 0 Å². The van der Waals surface area contributed by atoms with Gasteiger partial charge in [-0.05, 0) is 31.5 Å². The van der Waals surface area contributed by atoms with Crippen LogP contribution >= 0.6 is 0 Å². The number of hydrogen-bond acceptors (Lipinski definition) is 3. The number of aromatic nitrogens is 1. The molecule has 0 saturated carbocycles. The first-order chi connectivity index (χ1) is 7.15. The van der Waals surface area contributed by atoms with Gasteiger partial charge in [-0.1, -0.05) is 6.07 Å². The van der Waals surface area contributed by atoms with Gasteiger partial charge in [-0.2, -0.15) is 0 Å². The van der Waals surface area contributed by atoms with Crippen molar-refractivity contribution in [2.24, 2.45) is 0 Å². The Balaban J connectivity index is 2.27. The number of benzene rings is 1. The van der Waals surface area contributed by atoms with E-state index in [2.05, 4.69) is 4.98 Å². The zero-order chi connectivity index (χ0) is 10.8. The van der Waals surface area contributed by atoms with Crippen LogP contribution < -0.4 is 0 Å². The quantitative estimate of drug-likeness (QED) is 0.770. The number of carbonyl (C=O) groups excluding carboxylic acids is 1. The fourth-order valence-corrected chi connectivity index (χ4v) is 1.47. The van der Waals surface area contributed by atoms with E-state index in [0.717, 1.165) is 16.7 Å². The van der Waals surface area contributed by atoms with E-state index in [1.54, 1.807) is 6.92 Å². The molecule has 0 saturated heterocycles. The van der Waals surface area contributed by atoms with Crippen LogP contribution in [-0.2, 0) is 11.2 Å². The Kier molecular flexibility index (Phi) is 2.54. The van der Waals surface area contributed by atoms with E-state index in [9.17, 15) is 4.79 Å². The molecular weight excluding hydrogens is 190 g/mol. The van der Waals surface area contributed by atoms with Crippen molar-refractivity contribution in [1.82, 2.24) is 4.98 Å². The maximum absolute atomic E-state index is 10.8. The third kappa shape index (κ3) is 2.24. The standard InChI is InChI=1S/C12H13NO2/c1-8-3-5-10-11(7-8)15-12(13-10)6-4-9(2)14/h3,5,7H,4,6H2,1-2H3. The predicted molar refractivity (Wildman–Crippen MR) is 57.7 cm³/mol. The Morgan fingerprint density at radius 3 is 3.00 bits per heavy atom. The van der Waals surface area contributed by atoms with Crippen molar-refractivity contribution in [3.63, 3.8) is 0 Å². The van der Waals surface area contributed by atoms with E-state index in [1.807, 2.05) is 25.1 Å². The van der Waals surface area contributed by atoms with Crippen LogP contribution in [-0.4, -0.2) is 10.8 Å². The Morgan fingerprint density at radius 2 is 2.27 bits per heavy atom. The van der Waals surface area contributed by atoms with Crippen molar-refractivity contribution in [3.8, 4) is 0 Å². The molecule has 0 unspecified atom stereocenters. The lowest BCUT2D eigenvalue weighted by atomic mass is 10.2. The average Bonchev–Trinajstić information content (AvgIpc) is 2.56. The monoisotopic (exact) mass is 203 g/mol. The van der Waals surface area contributed by atoms with Crippen LogP contribution in [0.3, 0.4) is 0 Å². The summed E-state index contributed by atoms with van der Waals surface area (Å²) in [6.07, 6.45) is 1.08. The second kappa shape index (κ2) is 3.85. The highest BCUT2D eigenvalue weighted by Gasteiger charge is 2.06. The van der Waals surface area contributed by atoms with E-state index >= 15 is 0 Å². The highest BCUT2D eigenvalue weighted by atomic mass is 16.3. The van der Waals surface area contributed by atoms with Crippen LogP contribution in [0.2, 0.25) is 0 Å². The highest BCUT2D eigenvalue weighted by Crippen LogP contribution is 2.17. The molecular formula is C12H13NO2. The molecule has 0 aliphatic carbocycles. The van der Waals surface area contributed by atoms with Crippen LogP contribution in [0.25, 0.3) is 11.1 Å². The number of rotatable bonds is 3. The van der Waals surface area contributed by atoms with Gasteiger partial charge in [0.15, 0.2) is 11.5 Å². The van der Waals surface area contributed by atoms with Crippen molar-refractivity contribution < 1.29 is 9.21 Å². The Morgan fingerprint density at radius 1 is 1.47 bits per heavy atom. The van der Waals surface area contributed by atoms with Crippen molar-refractivity contribution >= 4 is 16.9 Å². The second-order valence-electron chi connectivity index (χ2n) is 3.78. The maximum Gasteiger partial charge on any atom is 0.195 e. The number of carbonyl (C=O) groups is 1. The maximum atomic E-state index is 10.8. The fraction of sp³-hybridized carbons (Fsp3) is 0.333. The van der Waals surface area contributed by atoms with Crippen molar-refractivity contribution in [3.05, 3.63) is 29.7 Å². The van der Waals surface area contributed by atoms with Crippen LogP contribution in [0.15, 0.2) is 22.6 Å². The van der Waals surface area contributed by atoms with Gasteiger partial charge < -0.3 is 9.21 Å². The van der Waals surface area contributed by atoms with Gasteiger partial charge in [0.05, 0.1) is 0 Å². The number of fused-ring (bicyclic) bond motifs is 1. The van der Waals surface area contributed by atoms with Crippen molar-refractivity contribution in [2.75, 3.05) is 0 Å². The van der Waals surface area contributed by atoms with Gasteiger partial charge in [-0.3, -0.25) is 0 Å². The van der Waals surface area contributed by atoms with E-state index in [-0.39, 0.29) is 5.78 Å². The first kappa shape index (κ1) is 9.90. The first-order valence-electron chi connectivity index (χ1n) is 5.00. The zero-order valence-corrected chi connectivity index (χ0v) is 8.91. The van der Waals surface area contributed by atoms with E-state index in [4.69, 9.17) is 4.42 Å². The summed E-state index contributed by atoms with van der Waals surface area (Å²) in [6.45, 7) is 3.59. The molecule has 1 aromatic carbocycles. The number of Topliss-reactive ketones (excluding diaryl/α,β-unsaturated/α-hetero) is 1. The number of ketones is 1. The number of hydrogen-bond donors (Lipinski definition) is 0. The molecule has 1 heterocycles. The summed E-state index contributed by atoms with van der Waals surface area (Å²) in [5.41, 5.74) is 2.81. The van der Waals surface area contributed by atoms with Crippen LogP contribution in [0.5, 0.6) is 0 Å². The molecule has 0 bridgehead atoms. The van der Waals surface area contributed by atoms with Gasteiger partial charge in [0.1, 0.15) is 11.3 Å². The van der Waals surface area contributed by atoms with E-state index in [1.165, 1.54) is 0 Å². The molecule has 0 aliphatic heterocycles. The number of nitrogens with zero attached hydrogens (tertiary/aromatic N) is 1. The summed E-state index contributed by atoms with van der Waals surface area (Å²) in [7, 11) is 0. The number of aryl methyl sites for hydroxylation is 2. The minimum Gasteiger partial charge on any atom is -0.441 e. The van der Waals surface area contributed by atoms with Gasteiger partial charge in [0.25, 0.3) is 0 Å². The SMILES string of the molecule is CC(=O)CCc1nc2ccc(C)cc2o1. The number of oxazole rings is 1. The molecule has 0 amide bonds. The predicted octanol–water partition coefficient (Wildman–Crippen LogP) is 2.66. The molecule has 1 aromatic heterocycles. The summed E-state index contributed by atoms with van der Waals surface area (Å²) in [6, 6.07) is 5.89. The van der Waals surface area contributed by atoms with Crippen LogP contribution in [0.4, 0.5) is 0 Å². The third-order valence-corrected chi connectivity index (χ3v) is 2.28. The molecule has 0 atom stereocenters. The molecule has 0 radical (unpaired) electrons. The van der Waals surface area contributed by atoms with Crippen molar-refractivity contribution in [1.29, 1.82) is 0 Å². The summed E-state index contributed by atoms with van der Waals surface area (Å²) in [4.78, 5) is 15.1. The zero-order valence-electron chi connectivity index (χ0n) is 8.91. The Bertz CT molecular complexity index is 499. The second-order valence-corrected chi connectivity index (χ2v) is 3.78.